The molecule has 27 heavy (non-hydrogen) atoms. The summed E-state index contributed by atoms with van der Waals surface area (Å²) in [5.74, 6) is 0.477. The van der Waals surface area contributed by atoms with Crippen LogP contribution in [0.3, 0.4) is 0 Å². The zero-order valence-corrected chi connectivity index (χ0v) is 18.1. The summed E-state index contributed by atoms with van der Waals surface area (Å²) in [6.45, 7) is 5.79. The van der Waals surface area contributed by atoms with E-state index in [9.17, 15) is 9.59 Å². The molecule has 7 nitrogen and oxygen atoms in total. The molecule has 1 fully saturated rings. The molecule has 0 aromatic carbocycles. The van der Waals surface area contributed by atoms with Gasteiger partial charge in [0.2, 0.25) is 5.91 Å². The molecule has 2 aliphatic rings. The fraction of sp³-hybridized carbons (Fsp3) is 0.647. The van der Waals surface area contributed by atoms with Crippen molar-refractivity contribution in [3.05, 3.63) is 11.0 Å². The van der Waals surface area contributed by atoms with Crippen LogP contribution in [0.25, 0.3) is 0 Å². The lowest BCUT2D eigenvalue weighted by Crippen LogP contribution is -2.55. The molecule has 0 aromatic rings. The molecular formula is C17H27N5O2S3. The van der Waals surface area contributed by atoms with E-state index >= 15 is 0 Å². The Bertz CT molecular complexity index is 650. The van der Waals surface area contributed by atoms with E-state index in [1.807, 2.05) is 13.8 Å². The minimum Gasteiger partial charge on any atom is -0.376 e. The van der Waals surface area contributed by atoms with Crippen LogP contribution in [0.4, 0.5) is 0 Å². The molecule has 0 aromatic heterocycles. The standard InChI is InChI=1S/C17H27N5O2S3/c1-17(2,5-8-21-16(26)20-7-3-6-19-15(18)25)22-13(23)10-12-11(14(22)24)4-9-27-12/h10-11H,3-9H2,1-2H3,(H3,18,19,25)(H2,20,21,26). The molecule has 2 amide bonds. The van der Waals surface area contributed by atoms with E-state index in [0.29, 0.717) is 31.2 Å². The molecule has 2 rings (SSSR count). The normalized spacial score (nSPS) is 19.4. The van der Waals surface area contributed by atoms with Gasteiger partial charge in [-0.2, -0.15) is 0 Å². The number of hydrogen-bond donors (Lipinski definition) is 4. The van der Waals surface area contributed by atoms with Gasteiger partial charge in [0.05, 0.1) is 5.92 Å². The van der Waals surface area contributed by atoms with Crippen LogP contribution in [0.2, 0.25) is 0 Å². The van der Waals surface area contributed by atoms with Crippen molar-refractivity contribution in [2.45, 2.75) is 38.6 Å². The van der Waals surface area contributed by atoms with Crippen LogP contribution in [0.1, 0.15) is 33.1 Å². The molecule has 0 radical (unpaired) electrons. The van der Waals surface area contributed by atoms with Gasteiger partial charge in [-0.3, -0.25) is 14.5 Å². The first-order chi connectivity index (χ1) is 12.7. The van der Waals surface area contributed by atoms with E-state index < -0.39 is 5.54 Å². The van der Waals surface area contributed by atoms with Crippen LogP contribution in [0, 0.1) is 5.92 Å². The van der Waals surface area contributed by atoms with Gasteiger partial charge in [0.25, 0.3) is 5.91 Å². The quantitative estimate of drug-likeness (QED) is 0.254. The molecule has 2 heterocycles. The van der Waals surface area contributed by atoms with Crippen molar-refractivity contribution in [2.24, 2.45) is 11.7 Å². The van der Waals surface area contributed by atoms with Crippen molar-refractivity contribution in [1.82, 2.24) is 20.9 Å². The molecule has 150 valence electrons. The average Bonchev–Trinajstić information content (AvgIpc) is 3.02. The number of fused-ring (bicyclic) bond motifs is 1. The van der Waals surface area contributed by atoms with Crippen LogP contribution < -0.4 is 21.7 Å². The molecule has 5 N–H and O–H groups in total. The lowest BCUT2D eigenvalue weighted by Gasteiger charge is -2.40. The third-order valence-electron chi connectivity index (χ3n) is 4.59. The van der Waals surface area contributed by atoms with E-state index in [1.165, 1.54) is 4.90 Å². The highest BCUT2D eigenvalue weighted by Crippen LogP contribution is 2.41. The van der Waals surface area contributed by atoms with Gasteiger partial charge in [-0.15, -0.1) is 11.8 Å². The Hall–Kier alpha value is -1.39. The first-order valence-corrected chi connectivity index (χ1v) is 10.8. The number of nitrogens with one attached hydrogen (secondary N) is 3. The van der Waals surface area contributed by atoms with Crippen LogP contribution in [0.5, 0.6) is 0 Å². The Morgan fingerprint density at radius 2 is 1.93 bits per heavy atom. The van der Waals surface area contributed by atoms with Crippen molar-refractivity contribution >= 4 is 58.2 Å². The number of rotatable bonds is 8. The summed E-state index contributed by atoms with van der Waals surface area (Å²) in [5.41, 5.74) is 4.78. The largest absolute Gasteiger partial charge is 0.376 e. The number of carbonyl (C=O) groups excluding carboxylic acids is 2. The molecule has 10 heteroatoms. The number of carbonyl (C=O) groups is 2. The molecule has 0 aliphatic carbocycles. The van der Waals surface area contributed by atoms with Crippen molar-refractivity contribution < 1.29 is 9.59 Å². The smallest absolute Gasteiger partial charge is 0.254 e. The van der Waals surface area contributed by atoms with E-state index in [4.69, 9.17) is 30.2 Å². The highest BCUT2D eigenvalue weighted by atomic mass is 32.2. The first kappa shape index (κ1) is 21.9. The van der Waals surface area contributed by atoms with Crippen LogP contribution in [0.15, 0.2) is 11.0 Å². The highest BCUT2D eigenvalue weighted by molar-refractivity contribution is 8.03. The predicted molar refractivity (Wildman–Crippen MR) is 117 cm³/mol. The van der Waals surface area contributed by atoms with E-state index in [1.54, 1.807) is 17.8 Å². The summed E-state index contributed by atoms with van der Waals surface area (Å²) in [4.78, 5) is 27.6. The second kappa shape index (κ2) is 9.70. The van der Waals surface area contributed by atoms with Crippen LogP contribution in [-0.4, -0.2) is 57.9 Å². The van der Waals surface area contributed by atoms with Gasteiger partial charge in [-0.25, -0.2) is 0 Å². The van der Waals surface area contributed by atoms with Crippen LogP contribution in [-0.2, 0) is 9.59 Å². The maximum absolute atomic E-state index is 12.8. The Kier molecular flexibility index (Phi) is 7.87. The number of imide groups is 1. The summed E-state index contributed by atoms with van der Waals surface area (Å²) < 4.78 is 0. The van der Waals surface area contributed by atoms with Gasteiger partial charge in [0.15, 0.2) is 10.2 Å². The molecular weight excluding hydrogens is 402 g/mol. The molecule has 0 bridgehead atoms. The number of nitrogens with two attached hydrogens (primary N) is 1. The molecule has 0 spiro atoms. The minimum atomic E-state index is -0.577. The third kappa shape index (κ3) is 6.05. The number of hydrogen-bond acceptors (Lipinski definition) is 5. The van der Waals surface area contributed by atoms with E-state index in [2.05, 4.69) is 16.0 Å². The van der Waals surface area contributed by atoms with Crippen LogP contribution >= 0.6 is 36.2 Å². The molecule has 1 atom stereocenters. The minimum absolute atomic E-state index is 0.0708. The lowest BCUT2D eigenvalue weighted by atomic mass is 9.91. The van der Waals surface area contributed by atoms with Gasteiger partial charge in [0, 0.05) is 36.2 Å². The number of thiocarbonyl (C=S) groups is 2. The van der Waals surface area contributed by atoms with E-state index in [-0.39, 0.29) is 22.8 Å². The summed E-state index contributed by atoms with van der Waals surface area (Å²) in [6, 6.07) is 0. The fourth-order valence-electron chi connectivity index (χ4n) is 3.13. The highest BCUT2D eigenvalue weighted by Gasteiger charge is 2.44. The van der Waals surface area contributed by atoms with Gasteiger partial charge < -0.3 is 21.7 Å². The second-order valence-corrected chi connectivity index (χ2v) is 9.15. The lowest BCUT2D eigenvalue weighted by molar-refractivity contribution is -0.151. The first-order valence-electron chi connectivity index (χ1n) is 9.00. The SMILES string of the molecule is CC(C)(CCNC(=S)NCCCNC(N)=S)N1C(=O)C=C2SCCC2C1=O. The van der Waals surface area contributed by atoms with Crippen molar-refractivity contribution in [2.75, 3.05) is 25.4 Å². The van der Waals surface area contributed by atoms with Gasteiger partial charge in [-0.05, 0) is 63.3 Å². The second-order valence-electron chi connectivity index (χ2n) is 7.14. The summed E-state index contributed by atoms with van der Waals surface area (Å²) in [7, 11) is 0. The number of nitrogens with zero attached hydrogens (tertiary/aromatic N) is 1. The summed E-state index contributed by atoms with van der Waals surface area (Å²) in [6.07, 6.45) is 3.88. The Morgan fingerprint density at radius 1 is 1.26 bits per heavy atom. The van der Waals surface area contributed by atoms with Gasteiger partial charge >= 0.3 is 0 Å². The van der Waals surface area contributed by atoms with Crippen molar-refractivity contribution in [1.29, 1.82) is 0 Å². The molecule has 0 saturated carbocycles. The molecule has 2 aliphatic heterocycles. The summed E-state index contributed by atoms with van der Waals surface area (Å²) in [5, 5.41) is 9.95. The third-order valence-corrected chi connectivity index (χ3v) is 6.20. The van der Waals surface area contributed by atoms with Crippen molar-refractivity contribution in [3.63, 3.8) is 0 Å². The Labute approximate surface area is 175 Å². The van der Waals surface area contributed by atoms with Gasteiger partial charge in [-0.1, -0.05) is 0 Å². The van der Waals surface area contributed by atoms with E-state index in [0.717, 1.165) is 23.5 Å². The maximum atomic E-state index is 12.8. The van der Waals surface area contributed by atoms with Gasteiger partial charge in [0.1, 0.15) is 0 Å². The topological polar surface area (TPSA) is 99.5 Å². The fourth-order valence-corrected chi connectivity index (χ4v) is 4.63. The predicted octanol–water partition coefficient (Wildman–Crippen LogP) is 0.848. The zero-order valence-electron chi connectivity index (χ0n) is 15.7. The van der Waals surface area contributed by atoms with Crippen molar-refractivity contribution in [3.8, 4) is 0 Å². The molecule has 1 saturated heterocycles. The maximum Gasteiger partial charge on any atom is 0.254 e. The number of amides is 2. The zero-order chi connectivity index (χ0) is 20.0. The Morgan fingerprint density at radius 3 is 2.63 bits per heavy atom. The monoisotopic (exact) mass is 429 g/mol. The average molecular weight is 430 g/mol. The number of thioether (sulfide) groups is 1. The summed E-state index contributed by atoms with van der Waals surface area (Å²) >= 11 is 11.6. The Balaban J connectivity index is 1.76. The molecule has 1 unspecified atom stereocenters.